The summed E-state index contributed by atoms with van der Waals surface area (Å²) in [5.41, 5.74) is 11.9. The number of hydrazone groups is 1. The number of nitrogens with two attached hydrogens (primary N) is 1. The summed E-state index contributed by atoms with van der Waals surface area (Å²) in [5.74, 6) is 0.389. The van der Waals surface area contributed by atoms with Gasteiger partial charge in [-0.25, -0.2) is 4.63 Å². The van der Waals surface area contributed by atoms with Gasteiger partial charge < -0.3 is 5.73 Å². The summed E-state index contributed by atoms with van der Waals surface area (Å²) in [7, 11) is 0. The van der Waals surface area contributed by atoms with Gasteiger partial charge in [-0.15, -0.1) is 5.10 Å². The Hall–Kier alpha value is -3.20. The first-order valence-electron chi connectivity index (χ1n) is 7.23. The van der Waals surface area contributed by atoms with E-state index in [1.54, 1.807) is 19.1 Å². The van der Waals surface area contributed by atoms with Crippen LogP contribution in [-0.4, -0.2) is 31.0 Å². The van der Waals surface area contributed by atoms with Crippen LogP contribution in [0.2, 0.25) is 5.02 Å². The van der Waals surface area contributed by atoms with Crippen molar-refractivity contribution < 1.29 is 4.63 Å². The zero-order valence-electron chi connectivity index (χ0n) is 13.6. The minimum atomic E-state index is 0.120. The van der Waals surface area contributed by atoms with Crippen molar-refractivity contribution in [1.82, 2.24) is 30.7 Å². The van der Waals surface area contributed by atoms with E-state index in [2.05, 4.69) is 42.4 Å². The number of nitrogen functional groups attached to an aromatic ring is 1. The molecule has 9 nitrogen and oxygen atoms in total. The average Bonchev–Trinajstić information content (AvgIpc) is 3.18. The SMILES string of the molecule is C=C(NN=C(C)c1ccc(Cl)cc1)c1nnn(-c2nonc2N)c1C. The summed E-state index contributed by atoms with van der Waals surface area (Å²) in [6, 6.07) is 7.37. The molecule has 0 aliphatic carbocycles. The van der Waals surface area contributed by atoms with Crippen LogP contribution in [-0.2, 0) is 0 Å². The molecule has 2 heterocycles. The van der Waals surface area contributed by atoms with Gasteiger partial charge in [-0.2, -0.15) is 9.78 Å². The van der Waals surface area contributed by atoms with Crippen LogP contribution in [0.1, 0.15) is 23.9 Å². The van der Waals surface area contributed by atoms with Crippen molar-refractivity contribution in [2.75, 3.05) is 5.73 Å². The second-order valence-corrected chi connectivity index (χ2v) is 5.64. The molecule has 2 aromatic heterocycles. The lowest BCUT2D eigenvalue weighted by Crippen LogP contribution is -2.09. The maximum Gasteiger partial charge on any atom is 0.243 e. The highest BCUT2D eigenvalue weighted by Gasteiger charge is 2.17. The number of nitrogens with one attached hydrogen (secondary N) is 1. The molecular formula is C15H15ClN8O. The zero-order chi connectivity index (χ0) is 18.0. The molecule has 3 N–H and O–H groups in total. The minimum absolute atomic E-state index is 0.120. The van der Waals surface area contributed by atoms with Gasteiger partial charge in [0.2, 0.25) is 11.6 Å². The fraction of sp³-hybridized carbons (Fsp3) is 0.133. The molecule has 1 aromatic carbocycles. The molecule has 25 heavy (non-hydrogen) atoms. The highest BCUT2D eigenvalue weighted by Crippen LogP contribution is 2.18. The lowest BCUT2D eigenvalue weighted by atomic mass is 10.1. The molecule has 10 heteroatoms. The molecule has 0 aliphatic rings. The van der Waals surface area contributed by atoms with Crippen molar-refractivity contribution >= 4 is 28.8 Å². The molecule has 0 spiro atoms. The normalized spacial score (nSPS) is 11.6. The fourth-order valence-corrected chi connectivity index (χ4v) is 2.23. The highest BCUT2D eigenvalue weighted by molar-refractivity contribution is 6.30. The number of benzene rings is 1. The molecule has 0 amide bonds. The van der Waals surface area contributed by atoms with Crippen molar-refractivity contribution in [2.45, 2.75) is 13.8 Å². The number of aromatic nitrogens is 5. The van der Waals surface area contributed by atoms with Crippen molar-refractivity contribution in [1.29, 1.82) is 0 Å². The van der Waals surface area contributed by atoms with E-state index in [-0.39, 0.29) is 11.6 Å². The molecule has 0 unspecified atom stereocenters. The third-order valence-electron chi connectivity index (χ3n) is 3.50. The second kappa shape index (κ2) is 6.73. The number of anilines is 1. The van der Waals surface area contributed by atoms with E-state index in [1.165, 1.54) is 4.68 Å². The second-order valence-electron chi connectivity index (χ2n) is 5.20. The van der Waals surface area contributed by atoms with E-state index in [4.69, 9.17) is 17.3 Å². The van der Waals surface area contributed by atoms with Gasteiger partial charge in [-0.05, 0) is 41.9 Å². The maximum atomic E-state index is 5.88. The quantitative estimate of drug-likeness (QED) is 0.529. The summed E-state index contributed by atoms with van der Waals surface area (Å²) < 4.78 is 6.00. The molecular weight excluding hydrogens is 344 g/mol. The van der Waals surface area contributed by atoms with Gasteiger partial charge in [-0.3, -0.25) is 5.43 Å². The Morgan fingerprint density at radius 1 is 1.32 bits per heavy atom. The minimum Gasteiger partial charge on any atom is -0.378 e. The van der Waals surface area contributed by atoms with Crippen molar-refractivity contribution in [3.63, 3.8) is 0 Å². The highest BCUT2D eigenvalue weighted by atomic mass is 35.5. The zero-order valence-corrected chi connectivity index (χ0v) is 14.3. The van der Waals surface area contributed by atoms with Crippen LogP contribution >= 0.6 is 11.6 Å². The molecule has 128 valence electrons. The average molecular weight is 359 g/mol. The van der Waals surface area contributed by atoms with E-state index >= 15 is 0 Å². The molecule has 0 saturated heterocycles. The van der Waals surface area contributed by atoms with Crippen molar-refractivity contribution in [3.8, 4) is 5.82 Å². The standard InChI is InChI=1S/C15H15ClN8O/c1-8(11-4-6-12(16)7-5-11)18-19-9(2)13-10(3)24(23-20-13)15-14(17)21-25-22-15/h4-7,19H,2H2,1,3H3,(H2,17,21). The predicted octanol–water partition coefficient (Wildman–Crippen LogP) is 2.18. The van der Waals surface area contributed by atoms with Gasteiger partial charge in [0.25, 0.3) is 0 Å². The Labute approximate surface area is 148 Å². The number of rotatable bonds is 5. The molecule has 0 fully saturated rings. The van der Waals surface area contributed by atoms with E-state index in [9.17, 15) is 0 Å². The van der Waals surface area contributed by atoms with E-state index in [1.807, 2.05) is 19.1 Å². The molecule has 0 saturated carbocycles. The van der Waals surface area contributed by atoms with Crippen LogP contribution in [0, 0.1) is 6.92 Å². The van der Waals surface area contributed by atoms with Gasteiger partial charge in [0.05, 0.1) is 17.1 Å². The lowest BCUT2D eigenvalue weighted by molar-refractivity contribution is 0.306. The summed E-state index contributed by atoms with van der Waals surface area (Å²) >= 11 is 5.88. The van der Waals surface area contributed by atoms with Crippen LogP contribution in [0.5, 0.6) is 0 Å². The molecule has 0 atom stereocenters. The third kappa shape index (κ3) is 3.36. The van der Waals surface area contributed by atoms with Gasteiger partial charge in [0.1, 0.15) is 5.69 Å². The van der Waals surface area contributed by atoms with Crippen molar-refractivity contribution in [2.24, 2.45) is 5.10 Å². The number of hydrogen-bond donors (Lipinski definition) is 2. The summed E-state index contributed by atoms with van der Waals surface area (Å²) in [6.45, 7) is 7.60. The largest absolute Gasteiger partial charge is 0.378 e. The maximum absolute atomic E-state index is 5.88. The number of nitrogens with zero attached hydrogens (tertiary/aromatic N) is 6. The topological polar surface area (TPSA) is 120 Å². The van der Waals surface area contributed by atoms with Crippen LogP contribution in [0.25, 0.3) is 11.5 Å². The van der Waals surface area contributed by atoms with Gasteiger partial charge in [0, 0.05) is 5.02 Å². The Bertz CT molecular complexity index is 941. The Morgan fingerprint density at radius 2 is 2.04 bits per heavy atom. The van der Waals surface area contributed by atoms with Crippen LogP contribution in [0.3, 0.4) is 0 Å². The molecule has 0 bridgehead atoms. The summed E-state index contributed by atoms with van der Waals surface area (Å²) in [6.07, 6.45) is 0. The number of halogens is 1. The molecule has 3 aromatic rings. The van der Waals surface area contributed by atoms with Crippen LogP contribution in [0.15, 0.2) is 40.6 Å². The predicted molar refractivity (Wildman–Crippen MR) is 94.2 cm³/mol. The van der Waals surface area contributed by atoms with Gasteiger partial charge in [-0.1, -0.05) is 35.5 Å². The summed E-state index contributed by atoms with van der Waals surface area (Å²) in [4.78, 5) is 0. The fourth-order valence-electron chi connectivity index (χ4n) is 2.11. The first-order chi connectivity index (χ1) is 12.0. The third-order valence-corrected chi connectivity index (χ3v) is 3.75. The Morgan fingerprint density at radius 3 is 2.68 bits per heavy atom. The van der Waals surface area contributed by atoms with E-state index < -0.39 is 0 Å². The number of hydrogen-bond acceptors (Lipinski definition) is 8. The monoisotopic (exact) mass is 358 g/mol. The first-order valence-corrected chi connectivity index (χ1v) is 7.61. The van der Waals surface area contributed by atoms with Crippen molar-refractivity contribution in [3.05, 3.63) is 52.8 Å². The Balaban J connectivity index is 1.78. The van der Waals surface area contributed by atoms with Crippen LogP contribution < -0.4 is 11.2 Å². The van der Waals surface area contributed by atoms with Gasteiger partial charge >= 0.3 is 0 Å². The summed E-state index contributed by atoms with van der Waals surface area (Å²) in [5, 5.41) is 20.3. The Kier molecular flexibility index (Phi) is 4.48. The first kappa shape index (κ1) is 16.7. The molecule has 3 rings (SSSR count). The van der Waals surface area contributed by atoms with E-state index in [0.717, 1.165) is 11.3 Å². The van der Waals surface area contributed by atoms with E-state index in [0.29, 0.717) is 22.1 Å². The van der Waals surface area contributed by atoms with Crippen LogP contribution in [0.4, 0.5) is 5.82 Å². The van der Waals surface area contributed by atoms with Gasteiger partial charge in [0.15, 0.2) is 0 Å². The molecule has 0 radical (unpaired) electrons. The smallest absolute Gasteiger partial charge is 0.243 e. The lowest BCUT2D eigenvalue weighted by Gasteiger charge is -2.05. The molecule has 0 aliphatic heterocycles.